The first-order chi connectivity index (χ1) is 8.52. The predicted octanol–water partition coefficient (Wildman–Crippen LogP) is 1.50. The number of hydrazine groups is 1. The fourth-order valence-corrected chi connectivity index (χ4v) is 2.23. The third kappa shape index (κ3) is 2.63. The fourth-order valence-electron chi connectivity index (χ4n) is 1.35. The number of nitrogens with two attached hydrogens (primary N) is 1. The number of rotatable bonds is 3. The van der Waals surface area contributed by atoms with E-state index in [2.05, 4.69) is 20.4 Å². The van der Waals surface area contributed by atoms with E-state index in [1.54, 1.807) is 0 Å². The van der Waals surface area contributed by atoms with E-state index in [1.165, 1.54) is 18.7 Å². The molecule has 0 bridgehead atoms. The number of aromatic nitrogens is 3. The average Bonchev–Trinajstić information content (AvgIpc) is 2.81. The Labute approximate surface area is 104 Å². The molecule has 2 heterocycles. The molecule has 96 valence electrons. The van der Waals surface area contributed by atoms with E-state index in [9.17, 15) is 13.2 Å². The SMILES string of the molecule is NNC(c1cncnc1)c1cnc(C(F)(F)F)s1. The number of nitrogens with one attached hydrogen (secondary N) is 1. The lowest BCUT2D eigenvalue weighted by molar-refractivity contribution is -0.137. The molecular weight excluding hydrogens is 267 g/mol. The van der Waals surface area contributed by atoms with Gasteiger partial charge in [0.2, 0.25) is 0 Å². The molecule has 1 unspecified atom stereocenters. The molecule has 2 aromatic rings. The first-order valence-electron chi connectivity index (χ1n) is 4.76. The highest BCUT2D eigenvalue weighted by atomic mass is 32.1. The van der Waals surface area contributed by atoms with Crippen LogP contribution >= 0.6 is 11.3 Å². The minimum Gasteiger partial charge on any atom is -0.271 e. The Morgan fingerprint density at radius 3 is 2.39 bits per heavy atom. The van der Waals surface area contributed by atoms with Gasteiger partial charge in [0.15, 0.2) is 5.01 Å². The van der Waals surface area contributed by atoms with Gasteiger partial charge in [0.1, 0.15) is 6.33 Å². The second-order valence-corrected chi connectivity index (χ2v) is 4.40. The highest BCUT2D eigenvalue weighted by molar-refractivity contribution is 7.11. The Morgan fingerprint density at radius 2 is 1.89 bits per heavy atom. The average molecular weight is 275 g/mol. The summed E-state index contributed by atoms with van der Waals surface area (Å²) in [5, 5.41) is -0.908. The molecule has 0 fully saturated rings. The van der Waals surface area contributed by atoms with Crippen LogP contribution in [0.15, 0.2) is 24.9 Å². The molecule has 5 nitrogen and oxygen atoms in total. The van der Waals surface area contributed by atoms with Crippen molar-refractivity contribution in [3.8, 4) is 0 Å². The third-order valence-corrected chi connectivity index (χ3v) is 3.24. The Morgan fingerprint density at radius 1 is 1.22 bits per heavy atom. The zero-order valence-corrected chi connectivity index (χ0v) is 9.66. The number of nitrogens with zero attached hydrogens (tertiary/aromatic N) is 3. The van der Waals surface area contributed by atoms with Crippen LogP contribution in [0.3, 0.4) is 0 Å². The van der Waals surface area contributed by atoms with Gasteiger partial charge in [0.05, 0.1) is 6.04 Å². The van der Waals surface area contributed by atoms with Gasteiger partial charge in [-0.1, -0.05) is 0 Å². The maximum absolute atomic E-state index is 12.4. The minimum atomic E-state index is -4.45. The number of hydrogen-bond donors (Lipinski definition) is 2. The van der Waals surface area contributed by atoms with Crippen LogP contribution in [0.2, 0.25) is 0 Å². The van der Waals surface area contributed by atoms with E-state index >= 15 is 0 Å². The lowest BCUT2D eigenvalue weighted by Gasteiger charge is -2.12. The molecule has 0 radical (unpaired) electrons. The molecule has 3 N–H and O–H groups in total. The summed E-state index contributed by atoms with van der Waals surface area (Å²) in [6, 6.07) is -0.611. The summed E-state index contributed by atoms with van der Waals surface area (Å²) in [7, 11) is 0. The van der Waals surface area contributed by atoms with Crippen molar-refractivity contribution in [3.05, 3.63) is 40.4 Å². The van der Waals surface area contributed by atoms with Gasteiger partial charge in [-0.3, -0.25) is 5.84 Å². The summed E-state index contributed by atoms with van der Waals surface area (Å²) in [6.45, 7) is 0. The van der Waals surface area contributed by atoms with Gasteiger partial charge in [0.25, 0.3) is 0 Å². The van der Waals surface area contributed by atoms with E-state index in [4.69, 9.17) is 5.84 Å². The van der Waals surface area contributed by atoms with Crippen molar-refractivity contribution < 1.29 is 13.2 Å². The Kier molecular flexibility index (Phi) is 3.55. The summed E-state index contributed by atoms with van der Waals surface area (Å²) in [5.74, 6) is 5.35. The highest BCUT2D eigenvalue weighted by Crippen LogP contribution is 2.35. The van der Waals surface area contributed by atoms with Gasteiger partial charge in [-0.25, -0.2) is 20.4 Å². The molecule has 0 aliphatic rings. The molecule has 2 rings (SSSR count). The fraction of sp³-hybridized carbons (Fsp3) is 0.222. The monoisotopic (exact) mass is 275 g/mol. The summed E-state index contributed by atoms with van der Waals surface area (Å²) in [4.78, 5) is 11.3. The van der Waals surface area contributed by atoms with Gasteiger partial charge < -0.3 is 0 Å². The molecule has 0 aliphatic heterocycles. The van der Waals surface area contributed by atoms with Crippen molar-refractivity contribution in [2.75, 3.05) is 0 Å². The van der Waals surface area contributed by atoms with Gasteiger partial charge in [-0.15, -0.1) is 11.3 Å². The smallest absolute Gasteiger partial charge is 0.271 e. The van der Waals surface area contributed by atoms with Gasteiger partial charge in [-0.05, 0) is 0 Å². The van der Waals surface area contributed by atoms with Crippen LogP contribution in [-0.2, 0) is 6.18 Å². The van der Waals surface area contributed by atoms with Gasteiger partial charge in [-0.2, -0.15) is 13.2 Å². The third-order valence-electron chi connectivity index (χ3n) is 2.13. The highest BCUT2D eigenvalue weighted by Gasteiger charge is 2.35. The number of hydrogen-bond acceptors (Lipinski definition) is 6. The maximum Gasteiger partial charge on any atom is 0.443 e. The van der Waals surface area contributed by atoms with Crippen molar-refractivity contribution in [1.29, 1.82) is 0 Å². The van der Waals surface area contributed by atoms with Crippen LogP contribution in [0.1, 0.15) is 21.5 Å². The zero-order chi connectivity index (χ0) is 13.2. The van der Waals surface area contributed by atoms with E-state index in [0.717, 1.165) is 6.20 Å². The van der Waals surface area contributed by atoms with Crippen LogP contribution < -0.4 is 11.3 Å². The van der Waals surface area contributed by atoms with Crippen molar-refractivity contribution in [3.63, 3.8) is 0 Å². The summed E-state index contributed by atoms with van der Waals surface area (Å²) >= 11 is 0.533. The molecule has 1 atom stereocenters. The molecule has 0 spiro atoms. The Bertz CT molecular complexity index is 512. The first kappa shape index (κ1) is 12.9. The van der Waals surface area contributed by atoms with E-state index in [0.29, 0.717) is 21.8 Å². The molecule has 0 amide bonds. The van der Waals surface area contributed by atoms with Crippen LogP contribution in [0.5, 0.6) is 0 Å². The summed E-state index contributed by atoms with van der Waals surface area (Å²) < 4.78 is 37.3. The molecule has 0 aromatic carbocycles. The van der Waals surface area contributed by atoms with E-state index < -0.39 is 17.2 Å². The number of alkyl halides is 3. The lowest BCUT2D eigenvalue weighted by Crippen LogP contribution is -2.28. The molecule has 18 heavy (non-hydrogen) atoms. The van der Waals surface area contributed by atoms with Crippen LogP contribution in [-0.4, -0.2) is 15.0 Å². The van der Waals surface area contributed by atoms with Gasteiger partial charge >= 0.3 is 6.18 Å². The first-order valence-corrected chi connectivity index (χ1v) is 5.58. The van der Waals surface area contributed by atoms with Gasteiger partial charge in [0, 0.05) is 29.0 Å². The second kappa shape index (κ2) is 4.96. The number of halogens is 3. The zero-order valence-electron chi connectivity index (χ0n) is 8.85. The molecule has 0 aliphatic carbocycles. The predicted molar refractivity (Wildman–Crippen MR) is 58.3 cm³/mol. The van der Waals surface area contributed by atoms with Crippen LogP contribution in [0.4, 0.5) is 13.2 Å². The van der Waals surface area contributed by atoms with E-state index in [1.807, 2.05) is 0 Å². The normalized spacial score (nSPS) is 13.6. The van der Waals surface area contributed by atoms with Crippen molar-refractivity contribution in [1.82, 2.24) is 20.4 Å². The molecule has 2 aromatic heterocycles. The standard InChI is InChI=1S/C9H8F3N5S/c10-9(11,12)8-16-3-6(18-8)7(17-13)5-1-14-4-15-2-5/h1-4,7,17H,13H2. The molecule has 0 saturated heterocycles. The maximum atomic E-state index is 12.4. The lowest BCUT2D eigenvalue weighted by atomic mass is 10.1. The van der Waals surface area contributed by atoms with Crippen molar-refractivity contribution in [2.45, 2.75) is 12.2 Å². The minimum absolute atomic E-state index is 0.347. The largest absolute Gasteiger partial charge is 0.443 e. The topological polar surface area (TPSA) is 76.7 Å². The number of thiazole rings is 1. The molecule has 9 heteroatoms. The van der Waals surface area contributed by atoms with Crippen LogP contribution in [0, 0.1) is 0 Å². The summed E-state index contributed by atoms with van der Waals surface area (Å²) in [6.07, 6.45) is 0.972. The van der Waals surface area contributed by atoms with E-state index in [-0.39, 0.29) is 0 Å². The Balaban J connectivity index is 2.32. The summed E-state index contributed by atoms with van der Waals surface area (Å²) in [5.41, 5.74) is 2.99. The van der Waals surface area contributed by atoms with Crippen molar-refractivity contribution >= 4 is 11.3 Å². The molecular formula is C9H8F3N5S. The Hall–Kier alpha value is -1.58. The molecule has 0 saturated carbocycles. The quantitative estimate of drug-likeness (QED) is 0.656. The second-order valence-electron chi connectivity index (χ2n) is 3.34. The van der Waals surface area contributed by atoms with Crippen molar-refractivity contribution in [2.24, 2.45) is 5.84 Å². The van der Waals surface area contributed by atoms with Crippen LogP contribution in [0.25, 0.3) is 0 Å².